The summed E-state index contributed by atoms with van der Waals surface area (Å²) in [5.74, 6) is 1.70. The molecule has 0 bridgehead atoms. The Hall–Kier alpha value is -5.55. The number of carbonyl (C=O) groups is 1. The number of aliphatic hydroxyl groups is 1. The zero-order chi connectivity index (χ0) is 33.1. The van der Waals surface area contributed by atoms with Crippen LogP contribution in [0.4, 0.5) is 5.69 Å². The first-order valence-electron chi connectivity index (χ1n) is 15.0. The molecule has 0 unspecified atom stereocenters. The smallest absolute Gasteiger partial charge is 0.266 e. The minimum atomic E-state index is -1.52. The van der Waals surface area contributed by atoms with E-state index in [1.807, 2.05) is 66.7 Å². The number of azide groups is 1. The molecule has 1 heterocycles. The Morgan fingerprint density at radius 3 is 2.45 bits per heavy atom. The maximum atomic E-state index is 14.5. The summed E-state index contributed by atoms with van der Waals surface area (Å²) < 4.78 is 23.1. The number of carbonyl (C=O) groups excluding carboxylic acids is 1. The Labute approximate surface area is 272 Å². The molecule has 1 aliphatic heterocycles. The lowest BCUT2D eigenvalue weighted by Gasteiger charge is -2.31. The highest BCUT2D eigenvalue weighted by molar-refractivity contribution is 6.01. The van der Waals surface area contributed by atoms with Gasteiger partial charge in [-0.1, -0.05) is 65.8 Å². The standard InChI is InChI=1S/C35H36N6O6/c1-44-29-18-15-27(31(21-29)45-2)23-37-40-34(43)35(22-26-11-6-7-12-30(26)39-41-36)32(24-9-4-3-5-10-24)47-33(38-35)25-13-16-28(17-14-25)46-20-8-19-42/h3-7,9-18,21,32,37,42H,8,19-20,22-23H2,1-2H3,(H,40,43)/t32-,35-/m0/s1. The summed E-state index contributed by atoms with van der Waals surface area (Å²) in [6, 6.07) is 29.1. The number of nitrogens with one attached hydrogen (secondary N) is 2. The predicted molar refractivity (Wildman–Crippen MR) is 177 cm³/mol. The van der Waals surface area contributed by atoms with Crippen LogP contribution in [-0.4, -0.2) is 49.9 Å². The van der Waals surface area contributed by atoms with E-state index in [1.165, 1.54) is 0 Å². The predicted octanol–water partition coefficient (Wildman–Crippen LogP) is 5.73. The van der Waals surface area contributed by atoms with Gasteiger partial charge in [0.15, 0.2) is 11.6 Å². The summed E-state index contributed by atoms with van der Waals surface area (Å²) in [6.07, 6.45) is -0.256. The zero-order valence-corrected chi connectivity index (χ0v) is 26.1. The third-order valence-corrected chi connectivity index (χ3v) is 7.71. The highest BCUT2D eigenvalue weighted by Gasteiger charge is 2.53. The first-order chi connectivity index (χ1) is 23.0. The molecule has 5 rings (SSSR count). The second kappa shape index (κ2) is 15.6. The maximum absolute atomic E-state index is 14.5. The average Bonchev–Trinajstić information content (AvgIpc) is 3.50. The first-order valence-corrected chi connectivity index (χ1v) is 15.0. The van der Waals surface area contributed by atoms with Crippen molar-refractivity contribution in [3.8, 4) is 17.2 Å². The van der Waals surface area contributed by atoms with Gasteiger partial charge in [0.25, 0.3) is 5.91 Å². The topological polar surface area (TPSA) is 159 Å². The Morgan fingerprint density at radius 1 is 0.979 bits per heavy atom. The van der Waals surface area contributed by atoms with Gasteiger partial charge in [-0.25, -0.2) is 10.4 Å². The summed E-state index contributed by atoms with van der Waals surface area (Å²) in [4.78, 5) is 22.5. The summed E-state index contributed by atoms with van der Waals surface area (Å²) >= 11 is 0. The van der Waals surface area contributed by atoms with Crippen molar-refractivity contribution < 1.29 is 28.8 Å². The van der Waals surface area contributed by atoms with E-state index >= 15 is 0 Å². The molecule has 4 aromatic rings. The van der Waals surface area contributed by atoms with Crippen LogP contribution in [0.3, 0.4) is 0 Å². The number of ether oxygens (including phenoxy) is 4. The molecule has 12 nitrogen and oxygen atoms in total. The number of aliphatic imine (C=N–C) groups is 1. The Kier molecular flexibility index (Phi) is 10.9. The van der Waals surface area contributed by atoms with Gasteiger partial charge in [0, 0.05) is 53.8 Å². The molecule has 1 amide bonds. The largest absolute Gasteiger partial charge is 0.497 e. The molecule has 1 aliphatic rings. The van der Waals surface area contributed by atoms with E-state index in [-0.39, 0.29) is 25.5 Å². The van der Waals surface area contributed by atoms with Gasteiger partial charge in [0.05, 0.1) is 20.8 Å². The number of aliphatic hydroxyl groups excluding tert-OH is 1. The minimum Gasteiger partial charge on any atom is -0.497 e. The fourth-order valence-corrected chi connectivity index (χ4v) is 5.33. The zero-order valence-electron chi connectivity index (χ0n) is 26.1. The second-order valence-corrected chi connectivity index (χ2v) is 10.7. The SMILES string of the molecule is COc1ccc(CNNC(=O)[C@@]2(Cc3ccccc3N=[N+]=[N-])N=C(c3ccc(OCCCO)cc3)O[C@H]2c2ccccc2)c(OC)c1. The highest BCUT2D eigenvalue weighted by atomic mass is 16.5. The van der Waals surface area contributed by atoms with Crippen LogP contribution in [-0.2, 0) is 22.5 Å². The van der Waals surface area contributed by atoms with Gasteiger partial charge < -0.3 is 24.1 Å². The van der Waals surface area contributed by atoms with E-state index in [4.69, 9.17) is 29.0 Å². The number of benzene rings is 4. The number of rotatable bonds is 15. The van der Waals surface area contributed by atoms with Crippen LogP contribution in [0.15, 0.2) is 107 Å². The second-order valence-electron chi connectivity index (χ2n) is 10.7. The molecule has 0 radical (unpaired) electrons. The maximum Gasteiger partial charge on any atom is 0.266 e. The average molecular weight is 637 g/mol. The summed E-state index contributed by atoms with van der Waals surface area (Å²) in [6.45, 7) is 0.668. The number of nitrogens with zero attached hydrogens (tertiary/aromatic N) is 4. The molecule has 47 heavy (non-hydrogen) atoms. The van der Waals surface area contributed by atoms with Gasteiger partial charge >= 0.3 is 0 Å². The molecule has 242 valence electrons. The molecule has 4 aromatic carbocycles. The van der Waals surface area contributed by atoms with Gasteiger partial charge in [-0.05, 0) is 47.0 Å². The van der Waals surface area contributed by atoms with E-state index in [9.17, 15) is 10.3 Å². The van der Waals surface area contributed by atoms with Crippen molar-refractivity contribution in [2.75, 3.05) is 27.4 Å². The summed E-state index contributed by atoms with van der Waals surface area (Å²) in [7, 11) is 3.15. The number of methoxy groups -OCH3 is 2. The van der Waals surface area contributed by atoms with E-state index < -0.39 is 17.6 Å². The normalized spacial score (nSPS) is 16.7. The number of amides is 1. The Bertz CT molecular complexity index is 1740. The van der Waals surface area contributed by atoms with E-state index in [0.717, 1.165) is 11.1 Å². The van der Waals surface area contributed by atoms with Crippen LogP contribution in [0.2, 0.25) is 0 Å². The van der Waals surface area contributed by atoms with Crippen LogP contribution in [0.25, 0.3) is 10.4 Å². The summed E-state index contributed by atoms with van der Waals surface area (Å²) in [5, 5.41) is 12.9. The fraction of sp³-hybridized carbons (Fsp3) is 0.257. The molecule has 0 saturated carbocycles. The lowest BCUT2D eigenvalue weighted by atomic mass is 9.81. The Morgan fingerprint density at radius 2 is 1.72 bits per heavy atom. The van der Waals surface area contributed by atoms with Crippen molar-refractivity contribution in [2.45, 2.75) is 31.0 Å². The Balaban J connectivity index is 1.53. The lowest BCUT2D eigenvalue weighted by molar-refractivity contribution is -0.130. The molecule has 0 spiro atoms. The van der Waals surface area contributed by atoms with Crippen LogP contribution >= 0.6 is 0 Å². The van der Waals surface area contributed by atoms with Crippen LogP contribution in [0.1, 0.15) is 34.8 Å². The molecule has 12 heteroatoms. The number of hydrogen-bond acceptors (Lipinski definition) is 9. The van der Waals surface area contributed by atoms with Gasteiger partial charge in [-0.15, -0.1) is 0 Å². The van der Waals surface area contributed by atoms with E-state index in [2.05, 4.69) is 20.9 Å². The molecule has 0 aromatic heterocycles. The van der Waals surface area contributed by atoms with Crippen molar-refractivity contribution in [3.05, 3.63) is 130 Å². The van der Waals surface area contributed by atoms with E-state index in [1.54, 1.807) is 44.6 Å². The number of hydrazine groups is 1. The van der Waals surface area contributed by atoms with Crippen molar-refractivity contribution in [1.29, 1.82) is 0 Å². The van der Waals surface area contributed by atoms with Gasteiger partial charge in [0.2, 0.25) is 5.90 Å². The van der Waals surface area contributed by atoms with Gasteiger partial charge in [0.1, 0.15) is 17.2 Å². The molecule has 0 aliphatic carbocycles. The van der Waals surface area contributed by atoms with Crippen LogP contribution in [0.5, 0.6) is 17.2 Å². The third kappa shape index (κ3) is 7.64. The van der Waals surface area contributed by atoms with Crippen molar-refractivity contribution >= 4 is 17.5 Å². The quantitative estimate of drug-likeness (QED) is 0.0494. The van der Waals surface area contributed by atoms with Gasteiger partial charge in [-0.3, -0.25) is 10.2 Å². The van der Waals surface area contributed by atoms with E-state index in [0.29, 0.717) is 47.1 Å². The molecular weight excluding hydrogens is 600 g/mol. The highest BCUT2D eigenvalue weighted by Crippen LogP contribution is 2.43. The molecule has 0 saturated heterocycles. The minimum absolute atomic E-state index is 0.0407. The number of hydrogen-bond donors (Lipinski definition) is 3. The van der Waals surface area contributed by atoms with Crippen molar-refractivity contribution in [2.24, 2.45) is 10.1 Å². The first kappa shape index (κ1) is 32.8. The van der Waals surface area contributed by atoms with Crippen LogP contribution < -0.4 is 25.1 Å². The fourth-order valence-electron chi connectivity index (χ4n) is 5.33. The molecule has 2 atom stereocenters. The molecule has 3 N–H and O–H groups in total. The van der Waals surface area contributed by atoms with Crippen molar-refractivity contribution in [3.63, 3.8) is 0 Å². The third-order valence-electron chi connectivity index (χ3n) is 7.71. The van der Waals surface area contributed by atoms with Crippen molar-refractivity contribution in [1.82, 2.24) is 10.9 Å². The lowest BCUT2D eigenvalue weighted by Crippen LogP contribution is -2.53. The summed E-state index contributed by atoms with van der Waals surface area (Å²) in [5.41, 5.74) is 16.8. The molecule has 0 fully saturated rings. The monoisotopic (exact) mass is 636 g/mol. The van der Waals surface area contributed by atoms with Gasteiger partial charge in [-0.2, -0.15) is 0 Å². The van der Waals surface area contributed by atoms with Crippen LogP contribution in [0, 0.1) is 0 Å². The molecular formula is C35H36N6O6.